The molecule has 0 bridgehead atoms. The summed E-state index contributed by atoms with van der Waals surface area (Å²) in [6.45, 7) is 3.71. The van der Waals surface area contributed by atoms with Crippen molar-refractivity contribution in [3.63, 3.8) is 0 Å². The van der Waals surface area contributed by atoms with Crippen molar-refractivity contribution in [2.75, 3.05) is 27.2 Å². The van der Waals surface area contributed by atoms with Crippen LogP contribution in [-0.4, -0.2) is 45.5 Å². The lowest BCUT2D eigenvalue weighted by molar-refractivity contribution is 0.400. The number of hydrogen-bond donors (Lipinski definition) is 2. The minimum atomic E-state index is -3.52. The van der Waals surface area contributed by atoms with Gasteiger partial charge >= 0.3 is 0 Å². The number of rotatable bonds is 6. The fraction of sp³-hybridized carbons (Fsp3) is 0.571. The van der Waals surface area contributed by atoms with E-state index in [4.69, 9.17) is 4.74 Å². The van der Waals surface area contributed by atoms with Crippen LogP contribution in [-0.2, 0) is 16.8 Å². The van der Waals surface area contributed by atoms with Gasteiger partial charge in [-0.05, 0) is 37.6 Å². The minimum Gasteiger partial charge on any atom is -0.497 e. The second-order valence-electron chi connectivity index (χ2n) is 5.70. The lowest BCUT2D eigenvalue weighted by Crippen LogP contribution is -2.51. The van der Waals surface area contributed by atoms with Crippen molar-refractivity contribution in [1.29, 1.82) is 0 Å². The van der Waals surface area contributed by atoms with E-state index in [0.29, 0.717) is 13.1 Å². The Morgan fingerprint density at radius 3 is 2.86 bits per heavy atom. The van der Waals surface area contributed by atoms with Crippen LogP contribution in [0, 0.1) is 0 Å². The Hall–Kier alpha value is -1.15. The molecule has 118 valence electrons. The first kappa shape index (κ1) is 16.2. The highest BCUT2D eigenvalue weighted by Gasteiger charge is 2.34. The molecular formula is C14H23N3O3S. The summed E-state index contributed by atoms with van der Waals surface area (Å²) in [5.74, 6) is 0.721. The van der Waals surface area contributed by atoms with Gasteiger partial charge in [-0.15, -0.1) is 0 Å². The molecule has 1 aromatic rings. The summed E-state index contributed by atoms with van der Waals surface area (Å²) in [6, 6.07) is 7.41. The van der Waals surface area contributed by atoms with Gasteiger partial charge in [-0.3, -0.25) is 0 Å². The van der Waals surface area contributed by atoms with E-state index >= 15 is 0 Å². The number of hydrogen-bond acceptors (Lipinski definition) is 4. The van der Waals surface area contributed by atoms with Crippen LogP contribution in [0.2, 0.25) is 0 Å². The maximum Gasteiger partial charge on any atom is 0.280 e. The predicted octanol–water partition coefficient (Wildman–Crippen LogP) is 0.713. The minimum absolute atomic E-state index is 0.302. The van der Waals surface area contributed by atoms with Crippen molar-refractivity contribution in [2.24, 2.45) is 0 Å². The van der Waals surface area contributed by atoms with Crippen molar-refractivity contribution < 1.29 is 13.2 Å². The van der Waals surface area contributed by atoms with Gasteiger partial charge in [-0.1, -0.05) is 12.1 Å². The van der Waals surface area contributed by atoms with Crippen LogP contribution in [0.1, 0.15) is 18.9 Å². The molecule has 1 fully saturated rings. The summed E-state index contributed by atoms with van der Waals surface area (Å²) in [7, 11) is -0.348. The Balaban J connectivity index is 2.05. The lowest BCUT2D eigenvalue weighted by Gasteiger charge is -2.27. The molecule has 1 aromatic carbocycles. The number of nitrogens with one attached hydrogen (secondary N) is 2. The van der Waals surface area contributed by atoms with Crippen molar-refractivity contribution in [2.45, 2.75) is 25.4 Å². The van der Waals surface area contributed by atoms with Crippen molar-refractivity contribution >= 4 is 10.2 Å². The average molecular weight is 313 g/mol. The standard InChI is InChI=1S/C14H23N3O3S/c1-14(7-8-15-11-14)16-21(18,19)17(2)10-12-5-4-6-13(9-12)20-3/h4-6,9,15-16H,7-8,10-11H2,1-3H3. The van der Waals surface area contributed by atoms with Gasteiger partial charge in [-0.25, -0.2) is 0 Å². The molecule has 6 nitrogen and oxygen atoms in total. The van der Waals surface area contributed by atoms with Gasteiger partial charge in [0, 0.05) is 25.7 Å². The summed E-state index contributed by atoms with van der Waals surface area (Å²) in [4.78, 5) is 0. The maximum atomic E-state index is 12.4. The van der Waals surface area contributed by atoms with Gasteiger partial charge in [0.15, 0.2) is 0 Å². The molecule has 1 unspecified atom stereocenters. The van der Waals surface area contributed by atoms with Gasteiger partial charge in [0.1, 0.15) is 5.75 Å². The zero-order valence-electron chi connectivity index (χ0n) is 12.7. The SMILES string of the molecule is COc1cccc(CN(C)S(=O)(=O)NC2(C)CCNC2)c1. The third kappa shape index (κ3) is 4.16. The van der Waals surface area contributed by atoms with Crippen LogP contribution in [0.5, 0.6) is 5.75 Å². The second kappa shape index (κ2) is 6.31. The molecular weight excluding hydrogens is 290 g/mol. The normalized spacial score (nSPS) is 22.7. The molecule has 1 heterocycles. The fourth-order valence-corrected chi connectivity index (χ4v) is 3.68. The monoisotopic (exact) mass is 313 g/mol. The zero-order valence-corrected chi connectivity index (χ0v) is 13.5. The molecule has 7 heteroatoms. The van der Waals surface area contributed by atoms with Crippen LogP contribution in [0.3, 0.4) is 0 Å². The summed E-state index contributed by atoms with van der Waals surface area (Å²) in [5, 5.41) is 3.18. The third-order valence-electron chi connectivity index (χ3n) is 3.69. The van der Waals surface area contributed by atoms with Gasteiger partial charge in [0.05, 0.1) is 7.11 Å². The van der Waals surface area contributed by atoms with Crippen molar-refractivity contribution in [3.8, 4) is 5.75 Å². The van der Waals surface area contributed by atoms with Gasteiger partial charge in [-0.2, -0.15) is 17.4 Å². The van der Waals surface area contributed by atoms with Gasteiger partial charge < -0.3 is 10.1 Å². The Morgan fingerprint density at radius 2 is 2.24 bits per heavy atom. The number of ether oxygens (including phenoxy) is 1. The topological polar surface area (TPSA) is 70.7 Å². The van der Waals surface area contributed by atoms with Crippen LogP contribution < -0.4 is 14.8 Å². The number of benzene rings is 1. The first-order valence-corrected chi connectivity index (χ1v) is 8.38. The van der Waals surface area contributed by atoms with Crippen molar-refractivity contribution in [3.05, 3.63) is 29.8 Å². The van der Waals surface area contributed by atoms with E-state index in [9.17, 15) is 8.42 Å². The van der Waals surface area contributed by atoms with Crippen LogP contribution in [0.25, 0.3) is 0 Å². The molecule has 0 radical (unpaired) electrons. The fourth-order valence-electron chi connectivity index (χ4n) is 2.41. The van der Waals surface area contributed by atoms with Crippen molar-refractivity contribution in [1.82, 2.24) is 14.3 Å². The van der Waals surface area contributed by atoms with Crippen LogP contribution >= 0.6 is 0 Å². The summed E-state index contributed by atoms with van der Waals surface area (Å²) in [6.07, 6.45) is 0.791. The second-order valence-corrected chi connectivity index (χ2v) is 7.48. The highest BCUT2D eigenvalue weighted by Crippen LogP contribution is 2.18. The molecule has 0 aromatic heterocycles. The van der Waals surface area contributed by atoms with E-state index in [-0.39, 0.29) is 0 Å². The van der Waals surface area contributed by atoms with E-state index in [1.54, 1.807) is 14.2 Å². The Bertz CT molecular complexity index is 583. The first-order valence-electron chi connectivity index (χ1n) is 6.93. The molecule has 1 atom stereocenters. The Kier molecular flexibility index (Phi) is 4.88. The van der Waals surface area contributed by atoms with Crippen LogP contribution in [0.4, 0.5) is 0 Å². The third-order valence-corrected chi connectivity index (χ3v) is 5.39. The van der Waals surface area contributed by atoms with Gasteiger partial charge in [0.2, 0.25) is 0 Å². The molecule has 0 aliphatic carbocycles. The molecule has 0 spiro atoms. The van der Waals surface area contributed by atoms with E-state index in [0.717, 1.165) is 24.3 Å². The molecule has 2 rings (SSSR count). The smallest absolute Gasteiger partial charge is 0.280 e. The van der Waals surface area contributed by atoms with E-state index in [1.807, 2.05) is 31.2 Å². The summed E-state index contributed by atoms with van der Waals surface area (Å²) < 4.78 is 34.1. The molecule has 1 aliphatic rings. The van der Waals surface area contributed by atoms with E-state index < -0.39 is 15.7 Å². The molecule has 1 aliphatic heterocycles. The maximum absolute atomic E-state index is 12.4. The molecule has 2 N–H and O–H groups in total. The summed E-state index contributed by atoms with van der Waals surface area (Å²) in [5.41, 5.74) is 0.471. The summed E-state index contributed by atoms with van der Waals surface area (Å²) >= 11 is 0. The first-order chi connectivity index (χ1) is 9.85. The molecule has 0 amide bonds. The molecule has 1 saturated heterocycles. The highest BCUT2D eigenvalue weighted by molar-refractivity contribution is 7.87. The number of methoxy groups -OCH3 is 1. The van der Waals surface area contributed by atoms with Crippen LogP contribution in [0.15, 0.2) is 24.3 Å². The highest BCUT2D eigenvalue weighted by atomic mass is 32.2. The average Bonchev–Trinajstić information content (AvgIpc) is 2.84. The predicted molar refractivity (Wildman–Crippen MR) is 82.4 cm³/mol. The Labute approximate surface area is 126 Å². The quantitative estimate of drug-likeness (QED) is 0.811. The van der Waals surface area contributed by atoms with E-state index in [2.05, 4.69) is 10.0 Å². The largest absolute Gasteiger partial charge is 0.497 e. The Morgan fingerprint density at radius 1 is 1.48 bits per heavy atom. The lowest BCUT2D eigenvalue weighted by atomic mass is 10.0. The van der Waals surface area contributed by atoms with Gasteiger partial charge in [0.25, 0.3) is 10.2 Å². The number of nitrogens with zero attached hydrogens (tertiary/aromatic N) is 1. The van der Waals surface area contributed by atoms with E-state index in [1.165, 1.54) is 4.31 Å². The molecule has 21 heavy (non-hydrogen) atoms. The molecule has 0 saturated carbocycles. The zero-order chi connectivity index (χ0) is 15.5.